The van der Waals surface area contributed by atoms with Crippen molar-refractivity contribution >= 4 is 16.7 Å². The smallest absolute Gasteiger partial charge is 0.341 e. The molecular formula is C29H28O3. The van der Waals surface area contributed by atoms with Crippen LogP contribution < -0.4 is 4.74 Å². The van der Waals surface area contributed by atoms with Gasteiger partial charge >= 0.3 is 5.97 Å². The van der Waals surface area contributed by atoms with Crippen LogP contribution in [0.25, 0.3) is 21.9 Å². The average Bonchev–Trinajstić information content (AvgIpc) is 2.78. The maximum absolute atomic E-state index is 11.1. The second kappa shape index (κ2) is 9.69. The third-order valence-electron chi connectivity index (χ3n) is 5.58. The third-order valence-corrected chi connectivity index (χ3v) is 5.58. The molecule has 0 saturated carbocycles. The Balaban J connectivity index is 1.73. The quantitative estimate of drug-likeness (QED) is 0.340. The highest BCUT2D eigenvalue weighted by atomic mass is 16.5. The minimum atomic E-state index is -0.979. The van der Waals surface area contributed by atoms with Gasteiger partial charge in [0, 0.05) is 6.42 Å². The van der Waals surface area contributed by atoms with Crippen molar-refractivity contribution in [3.63, 3.8) is 0 Å². The summed E-state index contributed by atoms with van der Waals surface area (Å²) in [5, 5.41) is 11.5. The lowest BCUT2D eigenvalue weighted by Gasteiger charge is -2.16. The van der Waals surface area contributed by atoms with Crippen molar-refractivity contribution in [3.05, 3.63) is 102 Å². The zero-order valence-electron chi connectivity index (χ0n) is 18.5. The molecule has 0 bridgehead atoms. The van der Waals surface area contributed by atoms with Crippen LogP contribution in [-0.2, 0) is 17.6 Å². The third kappa shape index (κ3) is 5.17. The van der Waals surface area contributed by atoms with Crippen LogP contribution in [0.1, 0.15) is 30.5 Å². The second-order valence-corrected chi connectivity index (χ2v) is 8.62. The normalized spacial score (nSPS) is 11.1. The van der Waals surface area contributed by atoms with E-state index in [-0.39, 0.29) is 6.61 Å². The van der Waals surface area contributed by atoms with Gasteiger partial charge in [0.25, 0.3) is 0 Å². The predicted molar refractivity (Wildman–Crippen MR) is 130 cm³/mol. The molecule has 3 nitrogen and oxygen atoms in total. The van der Waals surface area contributed by atoms with Crippen molar-refractivity contribution in [2.75, 3.05) is 6.61 Å². The number of benzene rings is 4. The van der Waals surface area contributed by atoms with E-state index in [1.807, 2.05) is 24.3 Å². The number of ether oxygens (including phenoxy) is 1. The molecule has 32 heavy (non-hydrogen) atoms. The lowest BCUT2D eigenvalue weighted by Crippen LogP contribution is -2.10. The van der Waals surface area contributed by atoms with Crippen LogP contribution >= 0.6 is 0 Å². The van der Waals surface area contributed by atoms with E-state index in [2.05, 4.69) is 74.5 Å². The van der Waals surface area contributed by atoms with Crippen LogP contribution in [0.3, 0.4) is 0 Å². The Morgan fingerprint density at radius 1 is 0.844 bits per heavy atom. The molecule has 4 aromatic carbocycles. The number of carbonyl (C=O) groups is 1. The molecule has 0 amide bonds. The number of carboxylic acid groups (broad SMARTS) is 1. The Hall–Kier alpha value is -3.59. The van der Waals surface area contributed by atoms with Gasteiger partial charge in [-0.2, -0.15) is 0 Å². The highest BCUT2D eigenvalue weighted by molar-refractivity contribution is 5.83. The number of carboxylic acids is 1. The van der Waals surface area contributed by atoms with Crippen LogP contribution in [0.4, 0.5) is 0 Å². The summed E-state index contributed by atoms with van der Waals surface area (Å²) in [6.07, 6.45) is 1.67. The monoisotopic (exact) mass is 424 g/mol. The summed E-state index contributed by atoms with van der Waals surface area (Å²) in [6.45, 7) is 4.10. The van der Waals surface area contributed by atoms with Gasteiger partial charge in [-0.1, -0.05) is 86.6 Å². The van der Waals surface area contributed by atoms with Gasteiger partial charge in [0.1, 0.15) is 5.75 Å². The van der Waals surface area contributed by atoms with E-state index >= 15 is 0 Å². The van der Waals surface area contributed by atoms with Gasteiger partial charge in [-0.25, -0.2) is 4.79 Å². The van der Waals surface area contributed by atoms with Crippen LogP contribution in [0.2, 0.25) is 0 Å². The molecule has 4 aromatic rings. The SMILES string of the molecule is CC(C)Cc1ccccc1-c1ccc(OCC(=O)O)c(Cc2ccc3ccccc3c2)c1. The first-order chi connectivity index (χ1) is 15.5. The Labute approximate surface area is 189 Å². The Morgan fingerprint density at radius 3 is 2.38 bits per heavy atom. The second-order valence-electron chi connectivity index (χ2n) is 8.62. The fourth-order valence-corrected chi connectivity index (χ4v) is 4.15. The summed E-state index contributed by atoms with van der Waals surface area (Å²) >= 11 is 0. The Morgan fingerprint density at radius 2 is 1.59 bits per heavy atom. The van der Waals surface area contributed by atoms with Crippen molar-refractivity contribution in [2.24, 2.45) is 5.92 Å². The maximum atomic E-state index is 11.1. The maximum Gasteiger partial charge on any atom is 0.341 e. The van der Waals surface area contributed by atoms with Crippen molar-refractivity contribution in [2.45, 2.75) is 26.7 Å². The molecule has 0 aliphatic rings. The molecule has 4 rings (SSSR count). The first-order valence-corrected chi connectivity index (χ1v) is 11.0. The largest absolute Gasteiger partial charge is 0.482 e. The molecule has 0 radical (unpaired) electrons. The lowest BCUT2D eigenvalue weighted by molar-refractivity contribution is -0.139. The molecule has 0 saturated heterocycles. The summed E-state index contributed by atoms with van der Waals surface area (Å²) in [5.74, 6) is 0.199. The minimum Gasteiger partial charge on any atom is -0.482 e. The lowest BCUT2D eigenvalue weighted by atomic mass is 9.91. The number of rotatable bonds is 8. The van der Waals surface area contributed by atoms with E-state index in [0.29, 0.717) is 18.1 Å². The number of fused-ring (bicyclic) bond motifs is 1. The Bertz CT molecular complexity index is 1240. The highest BCUT2D eigenvalue weighted by Crippen LogP contribution is 2.32. The van der Waals surface area contributed by atoms with E-state index in [0.717, 1.165) is 23.1 Å². The van der Waals surface area contributed by atoms with Crippen molar-refractivity contribution in [3.8, 4) is 16.9 Å². The summed E-state index contributed by atoms with van der Waals surface area (Å²) in [4.78, 5) is 11.1. The summed E-state index contributed by atoms with van der Waals surface area (Å²) in [5.41, 5.74) is 5.80. The van der Waals surface area contributed by atoms with E-state index in [1.54, 1.807) is 0 Å². The number of hydrogen-bond acceptors (Lipinski definition) is 2. The van der Waals surface area contributed by atoms with Gasteiger partial charge in [-0.05, 0) is 63.1 Å². The van der Waals surface area contributed by atoms with Crippen molar-refractivity contribution < 1.29 is 14.6 Å². The van der Waals surface area contributed by atoms with Crippen molar-refractivity contribution in [1.82, 2.24) is 0 Å². The fraction of sp³-hybridized carbons (Fsp3) is 0.207. The van der Waals surface area contributed by atoms with E-state index in [4.69, 9.17) is 9.84 Å². The van der Waals surface area contributed by atoms with Gasteiger partial charge in [-0.15, -0.1) is 0 Å². The molecule has 0 aliphatic carbocycles. The van der Waals surface area contributed by atoms with Gasteiger partial charge < -0.3 is 9.84 Å². The highest BCUT2D eigenvalue weighted by Gasteiger charge is 2.12. The van der Waals surface area contributed by atoms with Crippen LogP contribution in [0.5, 0.6) is 5.75 Å². The standard InChI is InChI=1S/C29H28O3/c1-20(2)15-24-9-5-6-10-27(24)25-13-14-28(32-19-29(30)31)26(18-25)17-21-11-12-22-7-3-4-8-23(22)16-21/h3-14,16,18,20H,15,17,19H2,1-2H3,(H,30,31). The molecule has 0 aromatic heterocycles. The van der Waals surface area contributed by atoms with Crippen LogP contribution in [0.15, 0.2) is 84.9 Å². The molecule has 0 fully saturated rings. The molecule has 162 valence electrons. The van der Waals surface area contributed by atoms with E-state index in [9.17, 15) is 4.79 Å². The first kappa shape index (κ1) is 21.6. The van der Waals surface area contributed by atoms with Gasteiger partial charge in [0.2, 0.25) is 0 Å². The zero-order chi connectivity index (χ0) is 22.5. The average molecular weight is 425 g/mol. The molecule has 0 heterocycles. The topological polar surface area (TPSA) is 46.5 Å². The van der Waals surface area contributed by atoms with E-state index in [1.165, 1.54) is 21.9 Å². The zero-order valence-corrected chi connectivity index (χ0v) is 18.5. The summed E-state index contributed by atoms with van der Waals surface area (Å²) in [7, 11) is 0. The summed E-state index contributed by atoms with van der Waals surface area (Å²) < 4.78 is 5.64. The molecule has 0 spiro atoms. The van der Waals surface area contributed by atoms with Crippen LogP contribution in [-0.4, -0.2) is 17.7 Å². The molecular weight excluding hydrogens is 396 g/mol. The van der Waals surface area contributed by atoms with Crippen LogP contribution in [0, 0.1) is 5.92 Å². The van der Waals surface area contributed by atoms with Gasteiger partial charge in [0.05, 0.1) is 0 Å². The number of hydrogen-bond donors (Lipinski definition) is 1. The van der Waals surface area contributed by atoms with Crippen molar-refractivity contribution in [1.29, 1.82) is 0 Å². The predicted octanol–water partition coefficient (Wildman–Crippen LogP) is 6.76. The van der Waals surface area contributed by atoms with Gasteiger partial charge in [-0.3, -0.25) is 0 Å². The molecule has 0 atom stereocenters. The molecule has 0 unspecified atom stereocenters. The number of aliphatic carboxylic acids is 1. The van der Waals surface area contributed by atoms with E-state index < -0.39 is 5.97 Å². The minimum absolute atomic E-state index is 0.353. The summed E-state index contributed by atoms with van der Waals surface area (Å²) in [6, 6.07) is 29.3. The Kier molecular flexibility index (Phi) is 6.55. The fourth-order valence-electron chi connectivity index (χ4n) is 4.15. The molecule has 3 heteroatoms. The molecule has 1 N–H and O–H groups in total. The first-order valence-electron chi connectivity index (χ1n) is 11.0. The molecule has 0 aliphatic heterocycles. The van der Waals surface area contributed by atoms with Gasteiger partial charge in [0.15, 0.2) is 6.61 Å².